The molecule has 0 bridgehead atoms. The van der Waals surface area contributed by atoms with Gasteiger partial charge < -0.3 is 25.6 Å². The largest absolute Gasteiger partial charge is 0.480 e. The number of aliphatic carboxylic acids is 1. The highest BCUT2D eigenvalue weighted by Crippen LogP contribution is 2.13. The van der Waals surface area contributed by atoms with Crippen LogP contribution >= 0.6 is 0 Å². The molecule has 0 unspecified atom stereocenters. The second kappa shape index (κ2) is 8.43. The zero-order valence-electron chi connectivity index (χ0n) is 15.5. The van der Waals surface area contributed by atoms with Crippen LogP contribution in [0.25, 0.3) is 0 Å². The van der Waals surface area contributed by atoms with E-state index in [0.29, 0.717) is 0 Å². The average Bonchev–Trinajstić information content (AvgIpc) is 2.32. The van der Waals surface area contributed by atoms with E-state index < -0.39 is 53.7 Å². The molecule has 0 aromatic carbocycles. The Morgan fingerprint density at radius 1 is 1.08 bits per heavy atom. The van der Waals surface area contributed by atoms with Gasteiger partial charge in [0, 0.05) is 0 Å². The highest BCUT2D eigenvalue weighted by Gasteiger charge is 2.31. The molecule has 0 aromatic rings. The predicted molar refractivity (Wildman–Crippen MR) is 88.3 cm³/mol. The van der Waals surface area contributed by atoms with Crippen LogP contribution in [0.4, 0.5) is 0 Å². The van der Waals surface area contributed by atoms with Crippen LogP contribution in [0.3, 0.4) is 0 Å². The zero-order valence-corrected chi connectivity index (χ0v) is 15.5. The van der Waals surface area contributed by atoms with E-state index >= 15 is 0 Å². The van der Waals surface area contributed by atoms with E-state index in [0.717, 1.165) is 0 Å². The highest BCUT2D eigenvalue weighted by molar-refractivity contribution is 5.89. The molecule has 3 atom stereocenters. The van der Waals surface area contributed by atoms with Gasteiger partial charge in [-0.05, 0) is 48.5 Å². The minimum atomic E-state index is -1.42. The van der Waals surface area contributed by atoms with Crippen LogP contribution in [0.15, 0.2) is 0 Å². The Morgan fingerprint density at radius 3 is 1.96 bits per heavy atom. The maximum Gasteiger partial charge on any atom is 0.326 e. The smallest absolute Gasteiger partial charge is 0.326 e. The van der Waals surface area contributed by atoms with Gasteiger partial charge in [0.2, 0.25) is 5.91 Å². The summed E-state index contributed by atoms with van der Waals surface area (Å²) in [6.45, 7) is 12.1. The number of amides is 1. The van der Waals surface area contributed by atoms with Gasteiger partial charge in [-0.2, -0.15) is 0 Å². The molecule has 0 aliphatic carbocycles. The van der Waals surface area contributed by atoms with Gasteiger partial charge in [-0.1, -0.05) is 0 Å². The first kappa shape index (κ1) is 22.3. The SMILES string of the molecule is C[C@@H](OC(C)(C)C)[C@H](N)C(=O)N[C@@H](CC(=O)OC(C)(C)C)C(=O)O. The van der Waals surface area contributed by atoms with Gasteiger partial charge in [-0.25, -0.2) is 4.79 Å². The maximum absolute atomic E-state index is 12.1. The second-order valence-electron chi connectivity index (χ2n) is 7.65. The molecule has 0 aromatic heterocycles. The Balaban J connectivity index is 4.80. The summed E-state index contributed by atoms with van der Waals surface area (Å²) in [6, 6.07) is -2.48. The normalized spacial score (nSPS) is 16.0. The Kier molecular flexibility index (Phi) is 7.85. The van der Waals surface area contributed by atoms with Gasteiger partial charge in [0.05, 0.1) is 18.1 Å². The van der Waals surface area contributed by atoms with Crippen molar-refractivity contribution in [3.05, 3.63) is 0 Å². The molecule has 1 amide bonds. The number of hydrogen-bond acceptors (Lipinski definition) is 6. The molecule has 0 aliphatic heterocycles. The average molecular weight is 346 g/mol. The van der Waals surface area contributed by atoms with Gasteiger partial charge in [0.1, 0.15) is 17.7 Å². The topological polar surface area (TPSA) is 128 Å². The van der Waals surface area contributed by atoms with Gasteiger partial charge in [0.15, 0.2) is 0 Å². The lowest BCUT2D eigenvalue weighted by atomic mass is 10.1. The summed E-state index contributed by atoms with van der Waals surface area (Å²) in [5.41, 5.74) is 4.56. The fraction of sp³-hybridized carbons (Fsp3) is 0.812. The molecule has 0 fully saturated rings. The quantitative estimate of drug-likeness (QED) is 0.582. The fourth-order valence-electron chi connectivity index (χ4n) is 1.86. The number of rotatable bonds is 7. The van der Waals surface area contributed by atoms with Crippen LogP contribution in [0, 0.1) is 0 Å². The summed E-state index contributed by atoms with van der Waals surface area (Å²) in [5.74, 6) is -2.77. The zero-order chi connectivity index (χ0) is 19.3. The summed E-state index contributed by atoms with van der Waals surface area (Å²) >= 11 is 0. The molecular formula is C16H30N2O6. The molecule has 0 heterocycles. The van der Waals surface area contributed by atoms with E-state index in [2.05, 4.69) is 5.32 Å². The molecular weight excluding hydrogens is 316 g/mol. The van der Waals surface area contributed by atoms with Crippen LogP contribution in [0.5, 0.6) is 0 Å². The van der Waals surface area contributed by atoms with Crippen LogP contribution in [-0.2, 0) is 23.9 Å². The number of esters is 1. The van der Waals surface area contributed by atoms with Crippen molar-refractivity contribution in [3.63, 3.8) is 0 Å². The lowest BCUT2D eigenvalue weighted by Crippen LogP contribution is -2.54. The Labute approximate surface area is 143 Å². The van der Waals surface area contributed by atoms with Gasteiger partial charge in [0.25, 0.3) is 0 Å². The van der Waals surface area contributed by atoms with Gasteiger partial charge in [-0.3, -0.25) is 9.59 Å². The van der Waals surface area contributed by atoms with Crippen molar-refractivity contribution in [2.75, 3.05) is 0 Å². The predicted octanol–water partition coefficient (Wildman–Crippen LogP) is 0.819. The van der Waals surface area contributed by atoms with E-state index in [4.69, 9.17) is 15.2 Å². The number of carboxylic acids is 1. The number of carbonyl (C=O) groups excluding carboxylic acids is 2. The maximum atomic E-state index is 12.1. The van der Waals surface area contributed by atoms with Crippen LogP contribution in [-0.4, -0.2) is 52.3 Å². The van der Waals surface area contributed by atoms with E-state index in [9.17, 15) is 19.5 Å². The summed E-state index contributed by atoms with van der Waals surface area (Å²) in [5, 5.41) is 11.4. The minimum absolute atomic E-state index is 0.487. The van der Waals surface area contributed by atoms with Crippen molar-refractivity contribution in [1.82, 2.24) is 5.32 Å². The number of carboxylic acid groups (broad SMARTS) is 1. The third-order valence-corrected chi connectivity index (χ3v) is 2.75. The first-order chi connectivity index (χ1) is 10.6. The van der Waals surface area contributed by atoms with Crippen LogP contribution < -0.4 is 11.1 Å². The monoisotopic (exact) mass is 346 g/mol. The van der Waals surface area contributed by atoms with Crippen LogP contribution in [0.2, 0.25) is 0 Å². The molecule has 0 radical (unpaired) electrons. The third kappa shape index (κ3) is 9.46. The summed E-state index contributed by atoms with van der Waals surface area (Å²) in [6.07, 6.45) is -1.11. The molecule has 0 aliphatic rings. The van der Waals surface area contributed by atoms with Crippen molar-refractivity contribution in [3.8, 4) is 0 Å². The number of hydrogen-bond donors (Lipinski definition) is 3. The van der Waals surface area contributed by atoms with Crippen molar-refractivity contribution < 1.29 is 29.0 Å². The third-order valence-electron chi connectivity index (χ3n) is 2.75. The van der Waals surface area contributed by atoms with Gasteiger partial charge >= 0.3 is 11.9 Å². The molecule has 0 saturated heterocycles. The second-order valence-corrected chi connectivity index (χ2v) is 7.65. The first-order valence-electron chi connectivity index (χ1n) is 7.81. The Hall–Kier alpha value is -1.67. The van der Waals surface area contributed by atoms with Crippen molar-refractivity contribution >= 4 is 17.8 Å². The number of nitrogens with one attached hydrogen (secondary N) is 1. The van der Waals surface area contributed by atoms with E-state index in [1.165, 1.54) is 0 Å². The number of carbonyl (C=O) groups is 3. The van der Waals surface area contributed by atoms with E-state index in [1.807, 2.05) is 20.8 Å². The molecule has 0 saturated carbocycles. The van der Waals surface area contributed by atoms with E-state index in [1.54, 1.807) is 27.7 Å². The van der Waals surface area contributed by atoms with Crippen molar-refractivity contribution in [1.29, 1.82) is 0 Å². The number of ether oxygens (including phenoxy) is 2. The highest BCUT2D eigenvalue weighted by atomic mass is 16.6. The molecule has 24 heavy (non-hydrogen) atoms. The molecule has 140 valence electrons. The lowest BCUT2D eigenvalue weighted by Gasteiger charge is -2.29. The molecule has 0 spiro atoms. The van der Waals surface area contributed by atoms with Crippen molar-refractivity contribution in [2.24, 2.45) is 5.73 Å². The summed E-state index contributed by atoms with van der Waals surface area (Å²) in [4.78, 5) is 35.1. The van der Waals surface area contributed by atoms with Gasteiger partial charge in [-0.15, -0.1) is 0 Å². The lowest BCUT2D eigenvalue weighted by molar-refractivity contribution is -0.158. The van der Waals surface area contributed by atoms with E-state index in [-0.39, 0.29) is 0 Å². The van der Waals surface area contributed by atoms with Crippen LogP contribution in [0.1, 0.15) is 54.9 Å². The Bertz CT molecular complexity index is 464. The van der Waals surface area contributed by atoms with Crippen molar-refractivity contribution in [2.45, 2.75) is 84.3 Å². The molecule has 0 rings (SSSR count). The molecule has 8 heteroatoms. The fourth-order valence-corrected chi connectivity index (χ4v) is 1.86. The minimum Gasteiger partial charge on any atom is -0.480 e. The first-order valence-corrected chi connectivity index (χ1v) is 7.81. The molecule has 8 nitrogen and oxygen atoms in total. The Morgan fingerprint density at radius 2 is 1.58 bits per heavy atom. The summed E-state index contributed by atoms with van der Waals surface area (Å²) in [7, 11) is 0. The number of nitrogens with two attached hydrogens (primary N) is 1. The molecule has 4 N–H and O–H groups in total. The summed E-state index contributed by atoms with van der Waals surface area (Å²) < 4.78 is 10.6. The standard InChI is InChI=1S/C16H30N2O6/c1-9(23-15(2,3)4)12(17)13(20)18-10(14(21)22)8-11(19)24-16(5,6)7/h9-10,12H,8,17H2,1-7H3,(H,18,20)(H,21,22)/t9-,10+,12+/m1/s1.